The van der Waals surface area contributed by atoms with Gasteiger partial charge in [0.15, 0.2) is 0 Å². The lowest BCUT2D eigenvalue weighted by Crippen LogP contribution is -2.47. The monoisotopic (exact) mass is 449 g/mol. The molecular formula is C24H24FN5O3. The predicted octanol–water partition coefficient (Wildman–Crippen LogP) is 1.93. The number of nitrogens with one attached hydrogen (secondary N) is 2. The van der Waals surface area contributed by atoms with Gasteiger partial charge >= 0.3 is 6.03 Å². The number of nitrogens with zero attached hydrogens (tertiary/aromatic N) is 3. The van der Waals surface area contributed by atoms with Gasteiger partial charge in [0.1, 0.15) is 12.4 Å². The molecule has 0 radical (unpaired) electrons. The fourth-order valence-corrected chi connectivity index (χ4v) is 4.04. The van der Waals surface area contributed by atoms with E-state index in [9.17, 15) is 18.8 Å². The summed E-state index contributed by atoms with van der Waals surface area (Å²) in [6.07, 6.45) is 3.82. The first-order valence-corrected chi connectivity index (χ1v) is 10.6. The van der Waals surface area contributed by atoms with Crippen LogP contribution in [-0.4, -0.2) is 58.8 Å². The van der Waals surface area contributed by atoms with Crippen molar-refractivity contribution in [3.05, 3.63) is 89.7 Å². The Morgan fingerprint density at radius 2 is 2.12 bits per heavy atom. The summed E-state index contributed by atoms with van der Waals surface area (Å²) in [6.45, 7) is 4.22. The molecule has 170 valence electrons. The summed E-state index contributed by atoms with van der Waals surface area (Å²) in [4.78, 5) is 45.5. The van der Waals surface area contributed by atoms with Gasteiger partial charge in [0.25, 0.3) is 5.91 Å². The molecule has 3 heterocycles. The highest BCUT2D eigenvalue weighted by atomic mass is 19.1. The van der Waals surface area contributed by atoms with E-state index in [2.05, 4.69) is 22.2 Å². The number of benzene rings is 1. The normalized spacial score (nSPS) is 17.7. The molecule has 4 rings (SSSR count). The second kappa shape index (κ2) is 9.64. The van der Waals surface area contributed by atoms with Crippen LogP contribution in [0.2, 0.25) is 0 Å². The third kappa shape index (κ3) is 4.77. The Balaban J connectivity index is 1.48. The van der Waals surface area contributed by atoms with Crippen LogP contribution in [0.25, 0.3) is 0 Å². The largest absolute Gasteiger partial charge is 0.354 e. The number of hydrogen-bond acceptors (Lipinski definition) is 4. The number of amides is 4. The molecule has 2 aromatic rings. The highest BCUT2D eigenvalue weighted by Crippen LogP contribution is 2.36. The Kier molecular flexibility index (Phi) is 6.48. The second-order valence-corrected chi connectivity index (χ2v) is 7.78. The minimum atomic E-state index is -0.797. The molecule has 1 aromatic carbocycles. The van der Waals surface area contributed by atoms with Crippen molar-refractivity contribution in [2.75, 3.05) is 26.2 Å². The Morgan fingerprint density at radius 3 is 2.85 bits per heavy atom. The number of hydrogen-bond donors (Lipinski definition) is 2. The molecule has 1 atom stereocenters. The number of carbonyl (C=O) groups is 3. The van der Waals surface area contributed by atoms with Gasteiger partial charge in [0.05, 0.1) is 23.9 Å². The average molecular weight is 449 g/mol. The summed E-state index contributed by atoms with van der Waals surface area (Å²) in [6, 6.07) is 10.1. The van der Waals surface area contributed by atoms with E-state index in [-0.39, 0.29) is 31.4 Å². The van der Waals surface area contributed by atoms with E-state index < -0.39 is 17.9 Å². The topological polar surface area (TPSA) is 94.6 Å². The number of rotatable bonds is 8. The van der Waals surface area contributed by atoms with Crippen LogP contribution in [0.3, 0.4) is 0 Å². The van der Waals surface area contributed by atoms with Gasteiger partial charge in [-0.05, 0) is 29.8 Å². The van der Waals surface area contributed by atoms with E-state index in [0.29, 0.717) is 29.8 Å². The zero-order valence-electron chi connectivity index (χ0n) is 18.0. The molecule has 2 aliphatic rings. The second-order valence-electron chi connectivity index (χ2n) is 7.78. The first-order chi connectivity index (χ1) is 16.0. The van der Waals surface area contributed by atoms with Crippen LogP contribution in [-0.2, 0) is 16.0 Å². The Labute approximate surface area is 190 Å². The molecule has 1 aromatic heterocycles. The Bertz CT molecular complexity index is 1120. The number of pyridine rings is 1. The Morgan fingerprint density at radius 1 is 1.27 bits per heavy atom. The van der Waals surface area contributed by atoms with Crippen LogP contribution < -0.4 is 10.6 Å². The molecule has 4 amide bonds. The molecule has 0 aliphatic carbocycles. The summed E-state index contributed by atoms with van der Waals surface area (Å²) in [5, 5.41) is 5.58. The third-order valence-electron chi connectivity index (χ3n) is 5.55. The fraction of sp³-hybridized carbons (Fsp3) is 0.250. The summed E-state index contributed by atoms with van der Waals surface area (Å²) < 4.78 is 13.8. The van der Waals surface area contributed by atoms with E-state index in [4.69, 9.17) is 0 Å². The van der Waals surface area contributed by atoms with Crippen LogP contribution in [0, 0.1) is 5.82 Å². The lowest BCUT2D eigenvalue weighted by atomic mass is 9.95. The Hall–Kier alpha value is -4.01. The molecule has 8 nitrogen and oxygen atoms in total. The zero-order chi connectivity index (χ0) is 23.4. The van der Waals surface area contributed by atoms with Gasteiger partial charge in [-0.15, -0.1) is 6.58 Å². The maximum Gasteiger partial charge on any atom is 0.322 e. The molecule has 33 heavy (non-hydrogen) atoms. The molecule has 0 saturated heterocycles. The summed E-state index contributed by atoms with van der Waals surface area (Å²) in [5.41, 5.74) is 2.15. The van der Waals surface area contributed by atoms with Crippen molar-refractivity contribution in [3.63, 3.8) is 0 Å². The van der Waals surface area contributed by atoms with Crippen LogP contribution in [0.5, 0.6) is 0 Å². The average Bonchev–Trinajstić information content (AvgIpc) is 3.12. The number of carbonyl (C=O) groups excluding carboxylic acids is 3. The maximum absolute atomic E-state index is 13.8. The summed E-state index contributed by atoms with van der Waals surface area (Å²) in [7, 11) is 0. The molecule has 0 spiro atoms. The van der Waals surface area contributed by atoms with Gasteiger partial charge < -0.3 is 15.5 Å². The first-order valence-electron chi connectivity index (χ1n) is 10.6. The van der Waals surface area contributed by atoms with Crippen LogP contribution in [0.1, 0.15) is 17.3 Å². The van der Waals surface area contributed by atoms with Gasteiger partial charge in [0, 0.05) is 31.4 Å². The number of halogens is 1. The maximum atomic E-state index is 13.8. The molecule has 2 N–H and O–H groups in total. The van der Waals surface area contributed by atoms with E-state index >= 15 is 0 Å². The van der Waals surface area contributed by atoms with Crippen molar-refractivity contribution < 1.29 is 18.8 Å². The standard InChI is InChI=1S/C24H24FN5O3/c1-2-12-30-19-14-29(15-20(31)27-11-9-18-8-3-4-10-26-18)23(32)21(19)22(28-24(30)33)16-6-5-7-17(25)13-16/h2-8,10,13,22H,1,9,11-12,14-15H2,(H,27,31)(H,28,33)/t22-/m1/s1. The minimum absolute atomic E-state index is 0.106. The molecular weight excluding hydrogens is 425 g/mol. The van der Waals surface area contributed by atoms with E-state index in [1.807, 2.05) is 18.2 Å². The van der Waals surface area contributed by atoms with Gasteiger partial charge in [-0.25, -0.2) is 9.18 Å². The molecule has 0 fully saturated rings. The molecule has 2 aliphatic heterocycles. The van der Waals surface area contributed by atoms with Crippen LogP contribution in [0.15, 0.2) is 72.6 Å². The molecule has 0 unspecified atom stereocenters. The van der Waals surface area contributed by atoms with E-state index in [1.165, 1.54) is 28.0 Å². The highest BCUT2D eigenvalue weighted by Gasteiger charge is 2.44. The number of aromatic nitrogens is 1. The van der Waals surface area contributed by atoms with Gasteiger partial charge in [-0.1, -0.05) is 24.3 Å². The summed E-state index contributed by atoms with van der Waals surface area (Å²) in [5.74, 6) is -1.14. The smallest absolute Gasteiger partial charge is 0.322 e. The SMILES string of the molecule is C=CCN1C(=O)N[C@H](c2cccc(F)c2)C2=C1CN(CC(=O)NCCc1ccccn1)C2=O. The van der Waals surface area contributed by atoms with Crippen LogP contribution in [0.4, 0.5) is 9.18 Å². The summed E-state index contributed by atoms with van der Waals surface area (Å²) >= 11 is 0. The van der Waals surface area contributed by atoms with Crippen molar-refractivity contribution >= 4 is 17.8 Å². The lowest BCUT2D eigenvalue weighted by molar-refractivity contribution is -0.131. The van der Waals surface area contributed by atoms with E-state index in [1.54, 1.807) is 18.3 Å². The van der Waals surface area contributed by atoms with E-state index in [0.717, 1.165) is 5.69 Å². The van der Waals surface area contributed by atoms with Crippen molar-refractivity contribution in [2.24, 2.45) is 0 Å². The lowest BCUT2D eigenvalue weighted by Gasteiger charge is -2.33. The molecule has 0 bridgehead atoms. The van der Waals surface area contributed by atoms with Crippen molar-refractivity contribution in [2.45, 2.75) is 12.5 Å². The van der Waals surface area contributed by atoms with Gasteiger partial charge in [-0.2, -0.15) is 0 Å². The van der Waals surface area contributed by atoms with Gasteiger partial charge in [-0.3, -0.25) is 19.5 Å². The minimum Gasteiger partial charge on any atom is -0.354 e. The predicted molar refractivity (Wildman–Crippen MR) is 119 cm³/mol. The fourth-order valence-electron chi connectivity index (χ4n) is 4.04. The van der Waals surface area contributed by atoms with Crippen molar-refractivity contribution in [1.29, 1.82) is 0 Å². The van der Waals surface area contributed by atoms with Crippen LogP contribution >= 0.6 is 0 Å². The third-order valence-corrected chi connectivity index (χ3v) is 5.55. The number of urea groups is 1. The van der Waals surface area contributed by atoms with Gasteiger partial charge in [0.2, 0.25) is 5.91 Å². The molecule has 9 heteroatoms. The zero-order valence-corrected chi connectivity index (χ0v) is 18.0. The van der Waals surface area contributed by atoms with Crippen molar-refractivity contribution in [1.82, 2.24) is 25.4 Å². The van der Waals surface area contributed by atoms with Crippen molar-refractivity contribution in [3.8, 4) is 0 Å². The first kappa shape index (κ1) is 22.2. The molecule has 0 saturated carbocycles. The quantitative estimate of drug-likeness (QED) is 0.602. The highest BCUT2D eigenvalue weighted by molar-refractivity contribution is 6.03.